The van der Waals surface area contributed by atoms with E-state index in [1.54, 1.807) is 0 Å². The lowest BCUT2D eigenvalue weighted by Gasteiger charge is -2.30. The second kappa shape index (κ2) is 5.55. The number of amides is 2. The monoisotopic (exact) mass is 408 g/mol. The van der Waals surface area contributed by atoms with Crippen LogP contribution < -0.4 is 10.2 Å². The Morgan fingerprint density at radius 1 is 1.08 bits per heavy atom. The molecule has 2 aromatic carbocycles. The maximum absolute atomic E-state index is 13.3. The molecule has 4 nitrogen and oxygen atoms in total. The summed E-state index contributed by atoms with van der Waals surface area (Å²) in [6, 6.07) is 15.2. The first-order valence-corrected chi connectivity index (χ1v) is 9.54. The zero-order valence-corrected chi connectivity index (χ0v) is 15.8. The fraction of sp³-hybridized carbons (Fsp3) is 0.238. The Labute approximate surface area is 160 Å². The van der Waals surface area contributed by atoms with Gasteiger partial charge in [0.25, 0.3) is 0 Å². The summed E-state index contributed by atoms with van der Waals surface area (Å²) in [6.45, 7) is 2.08. The van der Waals surface area contributed by atoms with Crippen molar-refractivity contribution in [3.05, 3.63) is 64.1 Å². The van der Waals surface area contributed by atoms with Crippen molar-refractivity contribution in [2.75, 3.05) is 10.2 Å². The van der Waals surface area contributed by atoms with Crippen LogP contribution in [0, 0.1) is 11.8 Å². The fourth-order valence-corrected chi connectivity index (χ4v) is 5.01. The van der Waals surface area contributed by atoms with Gasteiger partial charge in [0.05, 0.1) is 23.6 Å². The minimum Gasteiger partial charge on any atom is -0.377 e. The molecule has 2 aromatic rings. The van der Waals surface area contributed by atoms with Gasteiger partial charge in [0.1, 0.15) is 0 Å². The fourth-order valence-electron chi connectivity index (χ4n) is 4.65. The maximum Gasteiger partial charge on any atom is 0.240 e. The van der Waals surface area contributed by atoms with E-state index in [1.807, 2.05) is 42.5 Å². The Bertz CT molecular complexity index is 983. The summed E-state index contributed by atoms with van der Waals surface area (Å²) >= 11 is 3.54. The van der Waals surface area contributed by atoms with Gasteiger partial charge in [-0.2, -0.15) is 0 Å². The minimum atomic E-state index is -0.354. The summed E-state index contributed by atoms with van der Waals surface area (Å²) < 4.78 is 1.01. The number of allylic oxidation sites excluding steroid dienone is 1. The molecule has 2 amide bonds. The molecule has 2 aliphatic heterocycles. The van der Waals surface area contributed by atoms with Crippen LogP contribution in [0.5, 0.6) is 0 Å². The second-order valence-corrected chi connectivity index (χ2v) is 8.11. The maximum atomic E-state index is 13.3. The van der Waals surface area contributed by atoms with E-state index in [0.29, 0.717) is 12.1 Å². The summed E-state index contributed by atoms with van der Waals surface area (Å²) in [6.07, 6.45) is 0.637. The predicted molar refractivity (Wildman–Crippen MR) is 105 cm³/mol. The molecule has 2 heterocycles. The van der Waals surface area contributed by atoms with Crippen LogP contribution >= 0.6 is 15.9 Å². The van der Waals surface area contributed by atoms with E-state index < -0.39 is 0 Å². The molecule has 1 saturated heterocycles. The molecule has 1 unspecified atom stereocenters. The molecule has 3 aliphatic rings. The topological polar surface area (TPSA) is 49.4 Å². The van der Waals surface area contributed by atoms with E-state index in [9.17, 15) is 9.59 Å². The number of halogens is 1. The zero-order valence-electron chi connectivity index (χ0n) is 14.2. The van der Waals surface area contributed by atoms with Crippen LogP contribution in [-0.2, 0) is 9.59 Å². The van der Waals surface area contributed by atoms with Gasteiger partial charge in [-0.05, 0) is 49.2 Å². The van der Waals surface area contributed by atoms with Crippen LogP contribution in [0.4, 0.5) is 11.4 Å². The van der Waals surface area contributed by atoms with Gasteiger partial charge >= 0.3 is 0 Å². The number of imide groups is 1. The van der Waals surface area contributed by atoms with Crippen LogP contribution in [-0.4, -0.2) is 17.9 Å². The van der Waals surface area contributed by atoms with Crippen molar-refractivity contribution < 1.29 is 9.59 Å². The Hall–Kier alpha value is -2.40. The van der Waals surface area contributed by atoms with Gasteiger partial charge in [-0.25, -0.2) is 4.90 Å². The number of carbonyl (C=O) groups is 2. The average Bonchev–Trinajstić information content (AvgIpc) is 3.12. The lowest BCUT2D eigenvalue weighted by Crippen LogP contribution is -2.38. The molecule has 0 saturated carbocycles. The SMILES string of the molecule is CC1=C2c3cc(Br)ccc3NC2[C@@H]2C(=O)N(c3ccccc3)C(=O)[C@@H]2C1. The number of para-hydroxylation sites is 1. The molecule has 1 aliphatic carbocycles. The van der Waals surface area contributed by atoms with E-state index in [1.165, 1.54) is 16.0 Å². The standard InChI is InChI=1S/C21H17BrN2O2/c1-11-9-15-18(19-17(11)14-10-12(22)7-8-16(14)23-19)21(26)24(20(15)25)13-5-3-2-4-6-13/h2-8,10,15,18-19,23H,9H2,1H3/t15-,18-,19?/m1/s1. The molecule has 0 radical (unpaired) electrons. The highest BCUT2D eigenvalue weighted by Gasteiger charge is 2.56. The Balaban J connectivity index is 1.60. The molecule has 130 valence electrons. The molecule has 0 spiro atoms. The van der Waals surface area contributed by atoms with Crippen molar-refractivity contribution >= 4 is 44.7 Å². The lowest BCUT2D eigenvalue weighted by molar-refractivity contribution is -0.122. The Morgan fingerprint density at radius 3 is 2.62 bits per heavy atom. The van der Waals surface area contributed by atoms with Crippen molar-refractivity contribution in [1.29, 1.82) is 0 Å². The van der Waals surface area contributed by atoms with Crippen LogP contribution in [0.3, 0.4) is 0 Å². The minimum absolute atomic E-state index is 0.0801. The van der Waals surface area contributed by atoms with Gasteiger partial charge in [0, 0.05) is 15.7 Å². The first-order chi connectivity index (χ1) is 12.6. The number of hydrogen-bond donors (Lipinski definition) is 1. The Morgan fingerprint density at radius 2 is 1.85 bits per heavy atom. The van der Waals surface area contributed by atoms with Gasteiger partial charge in [-0.15, -0.1) is 0 Å². The van der Waals surface area contributed by atoms with Crippen molar-refractivity contribution in [1.82, 2.24) is 0 Å². The molecule has 1 fully saturated rings. The van der Waals surface area contributed by atoms with E-state index in [4.69, 9.17) is 0 Å². The molecular weight excluding hydrogens is 392 g/mol. The van der Waals surface area contributed by atoms with Crippen molar-refractivity contribution in [3.63, 3.8) is 0 Å². The third kappa shape index (κ3) is 2.07. The van der Waals surface area contributed by atoms with Crippen LogP contribution in [0.25, 0.3) is 5.57 Å². The number of carbonyl (C=O) groups excluding carboxylic acids is 2. The van der Waals surface area contributed by atoms with Gasteiger partial charge in [0.15, 0.2) is 0 Å². The largest absolute Gasteiger partial charge is 0.377 e. The molecule has 5 rings (SSSR count). The highest BCUT2D eigenvalue weighted by Crippen LogP contribution is 2.51. The van der Waals surface area contributed by atoms with Gasteiger partial charge in [-0.1, -0.05) is 39.7 Å². The number of fused-ring (bicyclic) bond motifs is 5. The van der Waals surface area contributed by atoms with Gasteiger partial charge < -0.3 is 5.32 Å². The van der Waals surface area contributed by atoms with Crippen LogP contribution in [0.1, 0.15) is 18.9 Å². The quantitative estimate of drug-likeness (QED) is 0.718. The molecule has 0 bridgehead atoms. The molecular formula is C21H17BrN2O2. The number of nitrogens with zero attached hydrogens (tertiary/aromatic N) is 1. The zero-order chi connectivity index (χ0) is 18.0. The highest BCUT2D eigenvalue weighted by molar-refractivity contribution is 9.10. The van der Waals surface area contributed by atoms with E-state index in [2.05, 4.69) is 34.2 Å². The molecule has 3 atom stereocenters. The molecule has 0 aromatic heterocycles. The number of hydrogen-bond acceptors (Lipinski definition) is 3. The first kappa shape index (κ1) is 15.8. The van der Waals surface area contributed by atoms with Crippen molar-refractivity contribution in [3.8, 4) is 0 Å². The molecule has 26 heavy (non-hydrogen) atoms. The molecule has 1 N–H and O–H groups in total. The average molecular weight is 409 g/mol. The number of anilines is 2. The van der Waals surface area contributed by atoms with Crippen molar-refractivity contribution in [2.45, 2.75) is 19.4 Å². The number of benzene rings is 2. The van der Waals surface area contributed by atoms with Crippen LogP contribution in [0.15, 0.2) is 58.6 Å². The highest BCUT2D eigenvalue weighted by atomic mass is 79.9. The summed E-state index contributed by atoms with van der Waals surface area (Å²) in [5, 5.41) is 3.51. The van der Waals surface area contributed by atoms with Gasteiger partial charge in [-0.3, -0.25) is 9.59 Å². The summed E-state index contributed by atoms with van der Waals surface area (Å²) in [4.78, 5) is 27.7. The molecule has 5 heteroatoms. The third-order valence-corrected chi connectivity index (χ3v) is 6.22. The summed E-state index contributed by atoms with van der Waals surface area (Å²) in [5.41, 5.74) is 5.20. The Kier molecular flexibility index (Phi) is 3.38. The number of nitrogens with one attached hydrogen (secondary N) is 1. The lowest BCUT2D eigenvalue weighted by atomic mass is 9.74. The van der Waals surface area contributed by atoms with Crippen molar-refractivity contribution in [2.24, 2.45) is 11.8 Å². The second-order valence-electron chi connectivity index (χ2n) is 7.19. The smallest absolute Gasteiger partial charge is 0.240 e. The van der Waals surface area contributed by atoms with E-state index in [-0.39, 0.29) is 29.7 Å². The summed E-state index contributed by atoms with van der Waals surface area (Å²) in [7, 11) is 0. The summed E-state index contributed by atoms with van der Waals surface area (Å²) in [5.74, 6) is -0.821. The van der Waals surface area contributed by atoms with Gasteiger partial charge in [0.2, 0.25) is 11.8 Å². The van der Waals surface area contributed by atoms with Crippen LogP contribution in [0.2, 0.25) is 0 Å². The van der Waals surface area contributed by atoms with E-state index in [0.717, 1.165) is 15.7 Å². The third-order valence-electron chi connectivity index (χ3n) is 5.73. The predicted octanol–water partition coefficient (Wildman–Crippen LogP) is 4.23. The first-order valence-electron chi connectivity index (χ1n) is 8.75. The normalized spacial score (nSPS) is 26.5. The number of rotatable bonds is 1. The van der Waals surface area contributed by atoms with E-state index >= 15 is 0 Å².